The van der Waals surface area contributed by atoms with Crippen LogP contribution in [-0.2, 0) is 0 Å². The van der Waals surface area contributed by atoms with Gasteiger partial charge in [0.15, 0.2) is 0 Å². The van der Waals surface area contributed by atoms with E-state index in [-0.39, 0.29) is 5.56 Å². The molecule has 1 heterocycles. The molecule has 0 radical (unpaired) electrons. The van der Waals surface area contributed by atoms with Crippen LogP contribution in [0, 0.1) is 18.6 Å². The average Bonchev–Trinajstić information content (AvgIpc) is 2.56. The lowest BCUT2D eigenvalue weighted by molar-refractivity contribution is 0.603. The van der Waals surface area contributed by atoms with Crippen molar-refractivity contribution in [1.82, 2.24) is 4.98 Å². The highest BCUT2D eigenvalue weighted by Crippen LogP contribution is 2.26. The van der Waals surface area contributed by atoms with Crippen molar-refractivity contribution in [3.8, 4) is 10.6 Å². The van der Waals surface area contributed by atoms with Crippen LogP contribution in [0.2, 0.25) is 0 Å². The molecule has 0 bridgehead atoms. The SMILES string of the molecule is Cc1csc(-c2cc(F)ccc2F)n1. The number of benzene rings is 1. The molecule has 2 aromatic rings. The Balaban J connectivity index is 2.55. The standard InChI is InChI=1S/C10H7F2NS/c1-6-5-14-10(13-6)8-4-7(11)2-3-9(8)12/h2-5H,1H3. The monoisotopic (exact) mass is 211 g/mol. The van der Waals surface area contributed by atoms with Crippen LogP contribution in [0.3, 0.4) is 0 Å². The van der Waals surface area contributed by atoms with E-state index in [1.165, 1.54) is 11.3 Å². The fourth-order valence-electron chi connectivity index (χ4n) is 1.14. The summed E-state index contributed by atoms with van der Waals surface area (Å²) in [6, 6.07) is 3.37. The van der Waals surface area contributed by atoms with Gasteiger partial charge in [-0.1, -0.05) is 0 Å². The average molecular weight is 211 g/mol. The van der Waals surface area contributed by atoms with Crippen LogP contribution in [0.4, 0.5) is 8.78 Å². The second-order valence-electron chi connectivity index (χ2n) is 2.92. The number of aryl methyl sites for hydroxylation is 1. The van der Waals surface area contributed by atoms with Crippen LogP contribution in [0.25, 0.3) is 10.6 Å². The molecule has 1 nitrogen and oxygen atoms in total. The number of hydrogen-bond acceptors (Lipinski definition) is 2. The van der Waals surface area contributed by atoms with Crippen molar-refractivity contribution in [2.45, 2.75) is 6.92 Å². The van der Waals surface area contributed by atoms with E-state index < -0.39 is 11.6 Å². The molecule has 0 saturated heterocycles. The minimum absolute atomic E-state index is 0.225. The van der Waals surface area contributed by atoms with Gasteiger partial charge in [-0.2, -0.15) is 0 Å². The lowest BCUT2D eigenvalue weighted by atomic mass is 10.2. The Morgan fingerprint density at radius 2 is 2.07 bits per heavy atom. The normalized spacial score (nSPS) is 10.5. The first kappa shape index (κ1) is 9.27. The molecule has 0 spiro atoms. The first-order valence-corrected chi connectivity index (χ1v) is 4.92. The van der Waals surface area contributed by atoms with Crippen molar-refractivity contribution in [1.29, 1.82) is 0 Å². The van der Waals surface area contributed by atoms with Crippen LogP contribution in [0.15, 0.2) is 23.6 Å². The van der Waals surface area contributed by atoms with E-state index in [0.29, 0.717) is 5.01 Å². The molecule has 2 rings (SSSR count). The number of hydrogen-bond donors (Lipinski definition) is 0. The van der Waals surface area contributed by atoms with E-state index in [2.05, 4.69) is 4.98 Å². The highest BCUT2D eigenvalue weighted by atomic mass is 32.1. The van der Waals surface area contributed by atoms with Gasteiger partial charge in [0, 0.05) is 16.6 Å². The minimum atomic E-state index is -0.450. The van der Waals surface area contributed by atoms with Gasteiger partial charge in [0.25, 0.3) is 0 Å². The number of halogens is 2. The molecule has 0 saturated carbocycles. The molecule has 14 heavy (non-hydrogen) atoms. The van der Waals surface area contributed by atoms with E-state index in [9.17, 15) is 8.78 Å². The van der Waals surface area contributed by atoms with Crippen molar-refractivity contribution in [3.05, 3.63) is 40.9 Å². The Bertz CT molecular complexity index is 465. The van der Waals surface area contributed by atoms with Crippen molar-refractivity contribution in [2.75, 3.05) is 0 Å². The van der Waals surface area contributed by atoms with Gasteiger partial charge in [0.05, 0.1) is 0 Å². The summed E-state index contributed by atoms with van der Waals surface area (Å²) in [4.78, 5) is 4.09. The molecule has 0 atom stereocenters. The van der Waals surface area contributed by atoms with Gasteiger partial charge in [0.1, 0.15) is 16.6 Å². The predicted octanol–water partition coefficient (Wildman–Crippen LogP) is 3.40. The van der Waals surface area contributed by atoms with Gasteiger partial charge in [-0.05, 0) is 25.1 Å². The molecular formula is C10H7F2NS. The number of nitrogens with zero attached hydrogens (tertiary/aromatic N) is 1. The predicted molar refractivity (Wildman–Crippen MR) is 52.2 cm³/mol. The Hall–Kier alpha value is -1.29. The molecule has 1 aromatic carbocycles. The molecule has 0 aliphatic heterocycles. The zero-order valence-corrected chi connectivity index (χ0v) is 8.24. The first-order chi connectivity index (χ1) is 6.66. The largest absolute Gasteiger partial charge is 0.241 e. The third-order valence-electron chi connectivity index (χ3n) is 1.78. The smallest absolute Gasteiger partial charge is 0.133 e. The molecule has 0 aliphatic rings. The van der Waals surface area contributed by atoms with E-state index in [0.717, 1.165) is 23.9 Å². The molecule has 0 unspecified atom stereocenters. The van der Waals surface area contributed by atoms with Crippen molar-refractivity contribution in [3.63, 3.8) is 0 Å². The van der Waals surface area contributed by atoms with Gasteiger partial charge in [-0.25, -0.2) is 13.8 Å². The number of aromatic nitrogens is 1. The summed E-state index contributed by atoms with van der Waals surface area (Å²) >= 11 is 1.31. The van der Waals surface area contributed by atoms with Crippen LogP contribution in [0.1, 0.15) is 5.69 Å². The van der Waals surface area contributed by atoms with Gasteiger partial charge < -0.3 is 0 Å². The molecule has 0 fully saturated rings. The third kappa shape index (κ3) is 1.65. The van der Waals surface area contributed by atoms with E-state index in [1.54, 1.807) is 5.38 Å². The summed E-state index contributed by atoms with van der Waals surface area (Å²) in [6.07, 6.45) is 0. The Labute approximate surface area is 84.0 Å². The van der Waals surface area contributed by atoms with Gasteiger partial charge in [-0.15, -0.1) is 11.3 Å². The third-order valence-corrected chi connectivity index (χ3v) is 2.77. The van der Waals surface area contributed by atoms with E-state index in [4.69, 9.17) is 0 Å². The summed E-state index contributed by atoms with van der Waals surface area (Å²) in [6.45, 7) is 1.82. The van der Waals surface area contributed by atoms with E-state index >= 15 is 0 Å². The summed E-state index contributed by atoms with van der Waals surface area (Å²) in [5.41, 5.74) is 1.04. The van der Waals surface area contributed by atoms with Crippen LogP contribution in [-0.4, -0.2) is 4.98 Å². The Morgan fingerprint density at radius 3 is 2.71 bits per heavy atom. The summed E-state index contributed by atoms with van der Waals surface area (Å²) in [7, 11) is 0. The molecule has 1 aromatic heterocycles. The second kappa shape index (κ2) is 3.46. The maximum Gasteiger partial charge on any atom is 0.133 e. The molecule has 72 valence electrons. The topological polar surface area (TPSA) is 12.9 Å². The Kier molecular flexibility index (Phi) is 2.29. The van der Waals surface area contributed by atoms with Crippen LogP contribution in [0.5, 0.6) is 0 Å². The Morgan fingerprint density at radius 1 is 1.29 bits per heavy atom. The van der Waals surface area contributed by atoms with Gasteiger partial charge in [-0.3, -0.25) is 0 Å². The highest BCUT2D eigenvalue weighted by molar-refractivity contribution is 7.13. The molecule has 0 amide bonds. The molecular weight excluding hydrogens is 204 g/mol. The second-order valence-corrected chi connectivity index (χ2v) is 3.78. The summed E-state index contributed by atoms with van der Waals surface area (Å²) in [5.74, 6) is -0.894. The maximum atomic E-state index is 13.3. The van der Waals surface area contributed by atoms with Crippen LogP contribution < -0.4 is 0 Å². The van der Waals surface area contributed by atoms with Crippen molar-refractivity contribution < 1.29 is 8.78 Å². The maximum absolute atomic E-state index is 13.3. The molecule has 0 aliphatic carbocycles. The molecule has 0 N–H and O–H groups in total. The molecule has 4 heteroatoms. The van der Waals surface area contributed by atoms with Crippen molar-refractivity contribution in [2.24, 2.45) is 0 Å². The lowest BCUT2D eigenvalue weighted by Crippen LogP contribution is -1.85. The number of rotatable bonds is 1. The first-order valence-electron chi connectivity index (χ1n) is 4.04. The lowest BCUT2D eigenvalue weighted by Gasteiger charge is -1.98. The summed E-state index contributed by atoms with van der Waals surface area (Å²) < 4.78 is 26.1. The highest BCUT2D eigenvalue weighted by Gasteiger charge is 2.09. The van der Waals surface area contributed by atoms with Gasteiger partial charge in [0.2, 0.25) is 0 Å². The fraction of sp³-hybridized carbons (Fsp3) is 0.100. The fourth-order valence-corrected chi connectivity index (χ4v) is 1.95. The quantitative estimate of drug-likeness (QED) is 0.704. The van der Waals surface area contributed by atoms with Crippen molar-refractivity contribution >= 4 is 11.3 Å². The van der Waals surface area contributed by atoms with Crippen LogP contribution >= 0.6 is 11.3 Å². The minimum Gasteiger partial charge on any atom is -0.241 e. The number of thiazole rings is 1. The zero-order valence-electron chi connectivity index (χ0n) is 7.42. The zero-order chi connectivity index (χ0) is 10.1. The summed E-state index contributed by atoms with van der Waals surface area (Å²) in [5, 5.41) is 2.32. The van der Waals surface area contributed by atoms with E-state index in [1.807, 2.05) is 6.92 Å². The van der Waals surface area contributed by atoms with Gasteiger partial charge >= 0.3 is 0 Å².